The normalized spacial score (nSPS) is 12.3. The number of rotatable bonds is 11. The lowest BCUT2D eigenvalue weighted by Gasteiger charge is -2.23. The van der Waals surface area contributed by atoms with Gasteiger partial charge in [0.25, 0.3) is 0 Å². The molecule has 0 saturated carbocycles. The third-order valence-electron chi connectivity index (χ3n) is 4.23. The highest BCUT2D eigenvalue weighted by Crippen LogP contribution is 2.07. The van der Waals surface area contributed by atoms with Gasteiger partial charge in [-0.2, -0.15) is 0 Å². The average molecular weight is 428 g/mol. The quantitative estimate of drug-likeness (QED) is 0.467. The molecule has 2 aromatic carbocycles. The number of hydrogen-bond acceptors (Lipinski definition) is 6. The number of benzene rings is 2. The third-order valence-corrected chi connectivity index (χ3v) is 4.23. The van der Waals surface area contributed by atoms with Gasteiger partial charge in [0, 0.05) is 6.42 Å². The van der Waals surface area contributed by atoms with Crippen molar-refractivity contribution < 1.29 is 33.9 Å². The SMILES string of the molecule is CCC(=O)C(NC(=O)OCc1ccccc1)C(ONC(=O)Cc1ccccc1)C(=O)O. The Morgan fingerprint density at radius 3 is 2.06 bits per heavy atom. The van der Waals surface area contributed by atoms with Gasteiger partial charge in [0.15, 0.2) is 5.78 Å². The molecule has 2 amide bonds. The Kier molecular flexibility index (Phi) is 9.18. The Morgan fingerprint density at radius 2 is 1.52 bits per heavy atom. The molecule has 2 rings (SSSR count). The van der Waals surface area contributed by atoms with Gasteiger partial charge in [0.05, 0.1) is 6.42 Å². The van der Waals surface area contributed by atoms with Gasteiger partial charge in [-0.1, -0.05) is 67.6 Å². The number of carboxylic acid groups (broad SMARTS) is 1. The van der Waals surface area contributed by atoms with E-state index in [2.05, 4.69) is 5.32 Å². The molecule has 31 heavy (non-hydrogen) atoms. The van der Waals surface area contributed by atoms with E-state index >= 15 is 0 Å². The van der Waals surface area contributed by atoms with Crippen molar-refractivity contribution >= 4 is 23.8 Å². The lowest BCUT2D eigenvalue weighted by atomic mass is 10.0. The number of ether oxygens (including phenoxy) is 1. The van der Waals surface area contributed by atoms with E-state index in [0.29, 0.717) is 5.56 Å². The first kappa shape index (κ1) is 23.6. The molecule has 9 nitrogen and oxygen atoms in total. The molecular formula is C22H24N2O7. The lowest BCUT2D eigenvalue weighted by molar-refractivity contribution is -0.165. The van der Waals surface area contributed by atoms with Gasteiger partial charge in [-0.25, -0.2) is 15.1 Å². The van der Waals surface area contributed by atoms with Crippen LogP contribution in [-0.4, -0.2) is 41.0 Å². The number of hydroxylamine groups is 1. The molecule has 2 aromatic rings. The summed E-state index contributed by atoms with van der Waals surface area (Å²) in [7, 11) is 0. The van der Waals surface area contributed by atoms with Crippen molar-refractivity contribution in [3.8, 4) is 0 Å². The van der Waals surface area contributed by atoms with E-state index in [-0.39, 0.29) is 19.4 Å². The number of nitrogens with one attached hydrogen (secondary N) is 2. The maximum atomic E-state index is 12.3. The molecule has 0 aliphatic heterocycles. The summed E-state index contributed by atoms with van der Waals surface area (Å²) in [5.74, 6) is -2.73. The van der Waals surface area contributed by atoms with Crippen LogP contribution in [0.3, 0.4) is 0 Å². The Labute approximate surface area is 179 Å². The largest absolute Gasteiger partial charge is 0.479 e. The Bertz CT molecular complexity index is 887. The summed E-state index contributed by atoms with van der Waals surface area (Å²) in [6.45, 7) is 1.45. The first-order chi connectivity index (χ1) is 14.9. The van der Waals surface area contributed by atoms with Gasteiger partial charge in [0.2, 0.25) is 12.0 Å². The van der Waals surface area contributed by atoms with Crippen LogP contribution in [-0.2, 0) is 37.0 Å². The van der Waals surface area contributed by atoms with Crippen molar-refractivity contribution in [3.05, 3.63) is 71.8 Å². The van der Waals surface area contributed by atoms with Crippen molar-refractivity contribution in [2.75, 3.05) is 0 Å². The van der Waals surface area contributed by atoms with Crippen LogP contribution in [0, 0.1) is 0 Å². The van der Waals surface area contributed by atoms with Crippen LogP contribution in [0.4, 0.5) is 4.79 Å². The summed E-state index contributed by atoms with van der Waals surface area (Å²) in [4.78, 5) is 53.1. The fraction of sp³-hybridized carbons (Fsp3) is 0.273. The second-order valence-corrected chi connectivity index (χ2v) is 6.57. The van der Waals surface area contributed by atoms with E-state index in [4.69, 9.17) is 9.57 Å². The number of hydrogen-bond donors (Lipinski definition) is 3. The molecule has 0 aliphatic carbocycles. The fourth-order valence-electron chi connectivity index (χ4n) is 2.64. The van der Waals surface area contributed by atoms with E-state index in [1.165, 1.54) is 6.92 Å². The topological polar surface area (TPSA) is 131 Å². The number of Topliss-reactive ketones (excluding diaryl/α,β-unsaturated/α-hetero) is 1. The van der Waals surface area contributed by atoms with Crippen LogP contribution < -0.4 is 10.8 Å². The van der Waals surface area contributed by atoms with Crippen LogP contribution in [0.1, 0.15) is 24.5 Å². The Morgan fingerprint density at radius 1 is 0.935 bits per heavy atom. The number of carbonyl (C=O) groups is 4. The molecule has 0 fully saturated rings. The summed E-state index contributed by atoms with van der Waals surface area (Å²) in [5, 5.41) is 11.7. The molecule has 164 valence electrons. The molecule has 3 N–H and O–H groups in total. The van der Waals surface area contributed by atoms with Crippen molar-refractivity contribution in [2.45, 2.75) is 38.5 Å². The van der Waals surface area contributed by atoms with Crippen molar-refractivity contribution in [2.24, 2.45) is 0 Å². The minimum absolute atomic E-state index is 0.0495. The highest BCUT2D eigenvalue weighted by atomic mass is 16.7. The summed E-state index contributed by atoms with van der Waals surface area (Å²) in [6, 6.07) is 16.0. The predicted molar refractivity (Wildman–Crippen MR) is 110 cm³/mol. The molecule has 2 unspecified atom stereocenters. The highest BCUT2D eigenvalue weighted by Gasteiger charge is 2.36. The van der Waals surface area contributed by atoms with E-state index < -0.39 is 35.9 Å². The zero-order valence-corrected chi connectivity index (χ0v) is 16.9. The second kappa shape index (κ2) is 12.1. The molecule has 0 heterocycles. The van der Waals surface area contributed by atoms with Crippen molar-refractivity contribution in [3.63, 3.8) is 0 Å². The fourth-order valence-corrected chi connectivity index (χ4v) is 2.64. The van der Waals surface area contributed by atoms with E-state index in [9.17, 15) is 24.3 Å². The minimum Gasteiger partial charge on any atom is -0.479 e. The van der Waals surface area contributed by atoms with Crippen LogP contribution in [0.15, 0.2) is 60.7 Å². The zero-order valence-electron chi connectivity index (χ0n) is 16.9. The van der Waals surface area contributed by atoms with Crippen LogP contribution >= 0.6 is 0 Å². The molecule has 0 spiro atoms. The molecular weight excluding hydrogens is 404 g/mol. The Balaban J connectivity index is 1.98. The van der Waals surface area contributed by atoms with Gasteiger partial charge < -0.3 is 15.2 Å². The van der Waals surface area contributed by atoms with E-state index in [1.54, 1.807) is 60.7 Å². The first-order valence-corrected chi connectivity index (χ1v) is 9.61. The summed E-state index contributed by atoms with van der Waals surface area (Å²) < 4.78 is 5.05. The Hall–Kier alpha value is -3.72. The van der Waals surface area contributed by atoms with Crippen LogP contribution in [0.2, 0.25) is 0 Å². The maximum Gasteiger partial charge on any atom is 0.408 e. The number of amides is 2. The molecule has 9 heteroatoms. The van der Waals surface area contributed by atoms with Gasteiger partial charge in [-0.3, -0.25) is 14.4 Å². The molecule has 0 saturated heterocycles. The molecule has 0 aromatic heterocycles. The van der Waals surface area contributed by atoms with E-state index in [0.717, 1.165) is 5.56 Å². The van der Waals surface area contributed by atoms with Crippen LogP contribution in [0.5, 0.6) is 0 Å². The maximum absolute atomic E-state index is 12.3. The number of alkyl carbamates (subject to hydrolysis) is 1. The van der Waals surface area contributed by atoms with Gasteiger partial charge in [0.1, 0.15) is 12.6 Å². The third kappa shape index (κ3) is 7.90. The molecule has 0 aliphatic rings. The number of ketones is 1. The van der Waals surface area contributed by atoms with Crippen molar-refractivity contribution in [1.82, 2.24) is 10.8 Å². The highest BCUT2D eigenvalue weighted by molar-refractivity contribution is 5.93. The summed E-state index contributed by atoms with van der Waals surface area (Å²) >= 11 is 0. The summed E-state index contributed by atoms with van der Waals surface area (Å²) in [5.41, 5.74) is 3.45. The lowest BCUT2D eigenvalue weighted by Crippen LogP contribution is -2.54. The molecule has 0 radical (unpaired) electrons. The van der Waals surface area contributed by atoms with Gasteiger partial charge in [-0.05, 0) is 11.1 Å². The minimum atomic E-state index is -1.84. The standard InChI is InChI=1S/C22H24N2O7/c1-2-17(25)19(23-22(29)30-14-16-11-7-4-8-12-16)20(21(27)28)31-24-18(26)13-15-9-5-3-6-10-15/h3-12,19-20H,2,13-14H2,1H3,(H,23,29)(H,24,26)(H,27,28). The molecule has 2 atom stereocenters. The predicted octanol–water partition coefficient (Wildman–Crippen LogP) is 2.00. The van der Waals surface area contributed by atoms with Gasteiger partial charge in [-0.15, -0.1) is 0 Å². The van der Waals surface area contributed by atoms with Crippen LogP contribution in [0.25, 0.3) is 0 Å². The monoisotopic (exact) mass is 428 g/mol. The first-order valence-electron chi connectivity index (χ1n) is 9.61. The summed E-state index contributed by atoms with van der Waals surface area (Å²) in [6.07, 6.45) is -2.93. The van der Waals surface area contributed by atoms with E-state index in [1.807, 2.05) is 5.48 Å². The smallest absolute Gasteiger partial charge is 0.408 e. The molecule has 0 bridgehead atoms. The van der Waals surface area contributed by atoms with Crippen molar-refractivity contribution in [1.29, 1.82) is 0 Å². The zero-order chi connectivity index (χ0) is 22.6. The second-order valence-electron chi connectivity index (χ2n) is 6.57. The number of carboxylic acids is 1. The average Bonchev–Trinajstić information content (AvgIpc) is 2.77. The number of aliphatic carboxylic acids is 1. The number of carbonyl (C=O) groups excluding carboxylic acids is 3. The van der Waals surface area contributed by atoms with Gasteiger partial charge >= 0.3 is 12.1 Å².